The first kappa shape index (κ1) is 7.24. The summed E-state index contributed by atoms with van der Waals surface area (Å²) >= 11 is 7.61. The second-order valence-electron chi connectivity index (χ2n) is 1.01. The summed E-state index contributed by atoms with van der Waals surface area (Å²) < 4.78 is 3.80. The van der Waals surface area contributed by atoms with E-state index in [9.17, 15) is 4.79 Å². The Morgan fingerprint density at radius 3 is 2.43 bits per heavy atom. The van der Waals surface area contributed by atoms with E-state index in [1.807, 2.05) is 0 Å². The Kier molecular flexibility index (Phi) is 3.38. The number of hydrogen-bond acceptors (Lipinski definition) is 2. The zero-order valence-corrected chi connectivity index (χ0v) is 5.99. The Hall–Kier alpha value is 0.240. The molecule has 0 saturated carbocycles. The lowest BCUT2D eigenvalue weighted by Gasteiger charge is -1.92. The average molecular weight is 187 g/mol. The normalized spacial score (nSPS) is 13.0. The van der Waals surface area contributed by atoms with E-state index < -0.39 is 5.97 Å². The van der Waals surface area contributed by atoms with Crippen molar-refractivity contribution in [3.05, 3.63) is 0 Å². The van der Waals surface area contributed by atoms with Gasteiger partial charge in [-0.05, 0) is 6.92 Å². The predicted molar refractivity (Wildman–Crippen MR) is 30.3 cm³/mol. The fourth-order valence-corrected chi connectivity index (χ4v) is 0.396. The maximum absolute atomic E-state index is 10.1. The molecule has 7 heavy (non-hydrogen) atoms. The molecule has 0 N–H and O–H groups in total. The summed E-state index contributed by atoms with van der Waals surface area (Å²) in [5.74, 6) is -0.471. The van der Waals surface area contributed by atoms with Crippen molar-refractivity contribution in [2.75, 3.05) is 0 Å². The maximum atomic E-state index is 10.1. The van der Waals surface area contributed by atoms with Gasteiger partial charge in [0, 0.05) is 0 Å². The van der Waals surface area contributed by atoms with Crippen LogP contribution in [0.3, 0.4) is 0 Å². The van der Waals surface area contributed by atoms with Gasteiger partial charge in [-0.3, -0.25) is 0 Å². The van der Waals surface area contributed by atoms with Crippen LogP contribution in [0.15, 0.2) is 0 Å². The van der Waals surface area contributed by atoms with Gasteiger partial charge in [-0.1, -0.05) is 15.9 Å². The highest BCUT2D eigenvalue weighted by Crippen LogP contribution is 2.00. The van der Waals surface area contributed by atoms with Gasteiger partial charge in [0.2, 0.25) is 0 Å². The molecule has 4 heteroatoms. The Balaban J connectivity index is 3.35. The Morgan fingerprint density at radius 1 is 2.00 bits per heavy atom. The number of alkyl halides is 1. The topological polar surface area (TPSA) is 26.3 Å². The van der Waals surface area contributed by atoms with Crippen LogP contribution < -0.4 is 0 Å². The first-order chi connectivity index (χ1) is 3.18. The molecule has 0 spiro atoms. The summed E-state index contributed by atoms with van der Waals surface area (Å²) in [7, 11) is 0. The molecule has 1 atom stereocenters. The Morgan fingerprint density at radius 2 is 2.43 bits per heavy atom. The molecule has 0 aromatic heterocycles. The Bertz CT molecular complexity index is 73.3. The minimum Gasteiger partial charge on any atom is -0.346 e. The van der Waals surface area contributed by atoms with Crippen LogP contribution in [0, 0.1) is 0 Å². The van der Waals surface area contributed by atoms with Crippen molar-refractivity contribution in [2.45, 2.75) is 11.8 Å². The molecule has 0 aliphatic carbocycles. The van der Waals surface area contributed by atoms with E-state index in [0.29, 0.717) is 0 Å². The van der Waals surface area contributed by atoms with Gasteiger partial charge in [-0.25, -0.2) is 4.79 Å². The number of carbonyl (C=O) groups excluding carboxylic acids is 1. The largest absolute Gasteiger partial charge is 0.346 e. The second kappa shape index (κ2) is 3.27. The fraction of sp³-hybridized carbons (Fsp3) is 0.667. The summed E-state index contributed by atoms with van der Waals surface area (Å²) in [6.07, 6.45) is 0. The highest BCUT2D eigenvalue weighted by Gasteiger charge is 2.07. The average Bonchev–Trinajstić information content (AvgIpc) is 1.65. The van der Waals surface area contributed by atoms with Crippen LogP contribution in [0.2, 0.25) is 0 Å². The molecule has 0 amide bonds. The van der Waals surface area contributed by atoms with Crippen LogP contribution in [0.1, 0.15) is 6.92 Å². The molecule has 1 unspecified atom stereocenters. The minimum atomic E-state index is -0.471. The molecular formula is C3H4BrClO2. The number of carbonyl (C=O) groups is 1. The lowest BCUT2D eigenvalue weighted by molar-refractivity contribution is -0.132. The lowest BCUT2D eigenvalue weighted by Crippen LogP contribution is -2.07. The number of halogens is 2. The van der Waals surface area contributed by atoms with Crippen LogP contribution in [0.25, 0.3) is 0 Å². The van der Waals surface area contributed by atoms with Crippen molar-refractivity contribution in [3.8, 4) is 0 Å². The van der Waals surface area contributed by atoms with Gasteiger partial charge in [0.15, 0.2) is 0 Å². The monoisotopic (exact) mass is 186 g/mol. The summed E-state index contributed by atoms with van der Waals surface area (Å²) in [6.45, 7) is 1.63. The van der Waals surface area contributed by atoms with E-state index in [1.54, 1.807) is 6.92 Å². The quantitative estimate of drug-likeness (QED) is 0.581. The van der Waals surface area contributed by atoms with Crippen molar-refractivity contribution in [3.63, 3.8) is 0 Å². The Labute approximate surface area is 55.1 Å². The van der Waals surface area contributed by atoms with E-state index in [-0.39, 0.29) is 4.83 Å². The molecule has 0 aliphatic heterocycles. The SMILES string of the molecule is CC(Br)C(=O)OCl. The molecule has 0 saturated heterocycles. The molecule has 0 heterocycles. The van der Waals surface area contributed by atoms with Gasteiger partial charge in [0.1, 0.15) is 16.7 Å². The molecule has 0 aromatic rings. The van der Waals surface area contributed by atoms with Crippen LogP contribution >= 0.6 is 27.8 Å². The van der Waals surface area contributed by atoms with Crippen LogP contribution in [-0.4, -0.2) is 10.8 Å². The smallest absolute Gasteiger partial charge is 0.337 e. The third-order valence-corrected chi connectivity index (χ3v) is 0.927. The summed E-state index contributed by atoms with van der Waals surface area (Å²) in [5.41, 5.74) is 0. The van der Waals surface area contributed by atoms with Gasteiger partial charge in [0.05, 0.1) is 0 Å². The van der Waals surface area contributed by atoms with Crippen LogP contribution in [0.4, 0.5) is 0 Å². The number of rotatable bonds is 1. The van der Waals surface area contributed by atoms with Gasteiger partial charge in [0.25, 0.3) is 0 Å². The van der Waals surface area contributed by atoms with E-state index in [1.165, 1.54) is 0 Å². The van der Waals surface area contributed by atoms with Crippen molar-refractivity contribution in [1.82, 2.24) is 0 Å². The highest BCUT2D eigenvalue weighted by atomic mass is 79.9. The zero-order chi connectivity index (χ0) is 5.86. The fourth-order valence-electron chi connectivity index (χ4n) is 0.0614. The minimum absolute atomic E-state index is 0.315. The molecule has 0 aliphatic rings. The second-order valence-corrected chi connectivity index (χ2v) is 2.54. The predicted octanol–water partition coefficient (Wildman–Crippen LogP) is 1.47. The highest BCUT2D eigenvalue weighted by molar-refractivity contribution is 9.10. The first-order valence-electron chi connectivity index (χ1n) is 1.65. The standard InChI is InChI=1S/C3H4BrClO2/c1-2(4)3(6)7-5/h2H,1H3. The van der Waals surface area contributed by atoms with Crippen molar-refractivity contribution >= 4 is 33.8 Å². The van der Waals surface area contributed by atoms with Crippen molar-refractivity contribution in [1.29, 1.82) is 0 Å². The third kappa shape index (κ3) is 2.88. The molecule has 42 valence electrons. The lowest BCUT2D eigenvalue weighted by atomic mass is 10.5. The van der Waals surface area contributed by atoms with Gasteiger partial charge in [-0.2, -0.15) is 0 Å². The van der Waals surface area contributed by atoms with Crippen molar-refractivity contribution < 1.29 is 9.08 Å². The van der Waals surface area contributed by atoms with E-state index >= 15 is 0 Å². The molecule has 0 fully saturated rings. The van der Waals surface area contributed by atoms with Crippen LogP contribution in [-0.2, 0) is 9.08 Å². The third-order valence-electron chi connectivity index (χ3n) is 0.401. The molecular weight excluding hydrogens is 183 g/mol. The first-order valence-corrected chi connectivity index (χ1v) is 2.87. The molecule has 0 rings (SSSR count). The summed E-state index contributed by atoms with van der Waals surface area (Å²) in [4.78, 5) is 9.80. The maximum Gasteiger partial charge on any atom is 0.337 e. The number of hydrogen-bond donors (Lipinski definition) is 0. The summed E-state index contributed by atoms with van der Waals surface area (Å²) in [6, 6.07) is 0. The van der Waals surface area contributed by atoms with Crippen molar-refractivity contribution in [2.24, 2.45) is 0 Å². The van der Waals surface area contributed by atoms with E-state index in [4.69, 9.17) is 0 Å². The van der Waals surface area contributed by atoms with E-state index in [2.05, 4.69) is 32.1 Å². The van der Waals surface area contributed by atoms with Gasteiger partial charge < -0.3 is 4.29 Å². The molecule has 0 aromatic carbocycles. The molecule has 0 bridgehead atoms. The summed E-state index contributed by atoms with van der Waals surface area (Å²) in [5, 5.41) is 0. The molecule has 0 radical (unpaired) electrons. The van der Waals surface area contributed by atoms with Gasteiger partial charge in [-0.15, -0.1) is 0 Å². The van der Waals surface area contributed by atoms with Crippen LogP contribution in [0.5, 0.6) is 0 Å². The van der Waals surface area contributed by atoms with E-state index in [0.717, 1.165) is 0 Å². The van der Waals surface area contributed by atoms with Gasteiger partial charge >= 0.3 is 5.97 Å². The zero-order valence-electron chi connectivity index (χ0n) is 3.65. The molecule has 2 nitrogen and oxygen atoms in total.